The number of rotatable bonds is 4. The number of hydrogen-bond acceptors (Lipinski definition) is 2. The Labute approximate surface area is 67.0 Å². The van der Waals surface area contributed by atoms with E-state index in [-0.39, 0.29) is 0 Å². The molecule has 0 saturated carbocycles. The highest BCUT2D eigenvalue weighted by Gasteiger charge is 1.96. The lowest BCUT2D eigenvalue weighted by atomic mass is 10.1. The maximum atomic E-state index is 5.60. The van der Waals surface area contributed by atoms with Gasteiger partial charge in [-0.1, -0.05) is 0 Å². The van der Waals surface area contributed by atoms with Crippen LogP contribution in [-0.2, 0) is 6.42 Å². The molecule has 0 aliphatic rings. The van der Waals surface area contributed by atoms with Crippen LogP contribution in [-0.4, -0.2) is 16.0 Å². The monoisotopic (exact) mass is 153 g/mol. The summed E-state index contributed by atoms with van der Waals surface area (Å²) in [5, 5.41) is 0. The van der Waals surface area contributed by atoms with Crippen molar-refractivity contribution in [2.45, 2.75) is 32.2 Å². The Morgan fingerprint density at radius 1 is 1.73 bits per heavy atom. The van der Waals surface area contributed by atoms with Gasteiger partial charge in [0.25, 0.3) is 0 Å². The molecule has 62 valence electrons. The molecule has 1 rings (SSSR count). The van der Waals surface area contributed by atoms with Crippen molar-refractivity contribution >= 4 is 0 Å². The van der Waals surface area contributed by atoms with Crippen molar-refractivity contribution in [3.63, 3.8) is 0 Å². The van der Waals surface area contributed by atoms with Crippen LogP contribution in [0.3, 0.4) is 0 Å². The maximum Gasteiger partial charge on any atom is 0.105 e. The summed E-state index contributed by atoms with van der Waals surface area (Å²) in [7, 11) is 0. The number of H-pyrrole nitrogens is 1. The summed E-state index contributed by atoms with van der Waals surface area (Å²) >= 11 is 0. The van der Waals surface area contributed by atoms with Crippen molar-refractivity contribution in [1.82, 2.24) is 9.97 Å². The Morgan fingerprint density at radius 3 is 3.09 bits per heavy atom. The van der Waals surface area contributed by atoms with E-state index in [1.54, 1.807) is 6.20 Å². The number of hydrogen-bond donors (Lipinski definition) is 2. The van der Waals surface area contributed by atoms with Gasteiger partial charge in [0.2, 0.25) is 0 Å². The molecule has 0 aliphatic heterocycles. The minimum absolute atomic E-state index is 0.310. The van der Waals surface area contributed by atoms with E-state index in [9.17, 15) is 0 Å². The van der Waals surface area contributed by atoms with Crippen LogP contribution in [0.4, 0.5) is 0 Å². The Hall–Kier alpha value is -0.830. The molecule has 3 heteroatoms. The van der Waals surface area contributed by atoms with Crippen LogP contribution >= 0.6 is 0 Å². The number of aryl methyl sites for hydroxylation is 1. The van der Waals surface area contributed by atoms with E-state index in [4.69, 9.17) is 5.73 Å². The van der Waals surface area contributed by atoms with Crippen LogP contribution in [0.2, 0.25) is 0 Å². The van der Waals surface area contributed by atoms with Crippen LogP contribution < -0.4 is 5.73 Å². The molecule has 0 radical (unpaired) electrons. The van der Waals surface area contributed by atoms with Gasteiger partial charge in [0.1, 0.15) is 5.82 Å². The molecular formula is C8H15N3. The second kappa shape index (κ2) is 4.13. The fraction of sp³-hybridized carbons (Fsp3) is 0.625. The molecule has 1 aromatic rings. The molecule has 0 fully saturated rings. The minimum atomic E-state index is 0.310. The number of nitrogens with one attached hydrogen (secondary N) is 1. The first-order chi connectivity index (χ1) is 5.29. The van der Waals surface area contributed by atoms with Crippen molar-refractivity contribution in [3.8, 4) is 0 Å². The Kier molecular flexibility index (Phi) is 3.11. The first kappa shape index (κ1) is 8.27. The van der Waals surface area contributed by atoms with Crippen LogP contribution in [0.1, 0.15) is 25.6 Å². The second-order valence-electron chi connectivity index (χ2n) is 2.91. The topological polar surface area (TPSA) is 54.7 Å². The van der Waals surface area contributed by atoms with Crippen LogP contribution in [0, 0.1) is 0 Å². The average Bonchev–Trinajstić information content (AvgIpc) is 2.39. The lowest BCUT2D eigenvalue weighted by molar-refractivity contribution is 0.616. The first-order valence-electron chi connectivity index (χ1n) is 4.03. The number of imidazole rings is 1. The third-order valence-corrected chi connectivity index (χ3v) is 1.63. The third-order valence-electron chi connectivity index (χ3n) is 1.63. The molecule has 0 aliphatic carbocycles. The highest BCUT2D eigenvalue weighted by Crippen LogP contribution is 1.99. The molecule has 1 heterocycles. The maximum absolute atomic E-state index is 5.60. The van der Waals surface area contributed by atoms with E-state index in [1.807, 2.05) is 13.1 Å². The fourth-order valence-electron chi connectivity index (χ4n) is 1.03. The summed E-state index contributed by atoms with van der Waals surface area (Å²) in [5.74, 6) is 1.06. The van der Waals surface area contributed by atoms with Gasteiger partial charge in [-0.05, 0) is 19.8 Å². The van der Waals surface area contributed by atoms with Crippen LogP contribution in [0.25, 0.3) is 0 Å². The van der Waals surface area contributed by atoms with Crippen molar-refractivity contribution < 1.29 is 0 Å². The van der Waals surface area contributed by atoms with Crippen molar-refractivity contribution in [2.24, 2.45) is 5.73 Å². The average molecular weight is 153 g/mol. The zero-order valence-electron chi connectivity index (χ0n) is 6.88. The second-order valence-corrected chi connectivity index (χ2v) is 2.91. The summed E-state index contributed by atoms with van der Waals surface area (Å²) in [6.07, 6.45) is 6.82. The molecule has 1 atom stereocenters. The van der Waals surface area contributed by atoms with E-state index >= 15 is 0 Å². The summed E-state index contributed by atoms with van der Waals surface area (Å²) in [6, 6.07) is 0.310. The van der Waals surface area contributed by atoms with E-state index in [1.165, 1.54) is 0 Å². The molecule has 11 heavy (non-hydrogen) atoms. The van der Waals surface area contributed by atoms with Crippen molar-refractivity contribution in [2.75, 3.05) is 0 Å². The van der Waals surface area contributed by atoms with Crippen molar-refractivity contribution in [1.29, 1.82) is 0 Å². The smallest absolute Gasteiger partial charge is 0.105 e. The van der Waals surface area contributed by atoms with E-state index < -0.39 is 0 Å². The standard InChI is InChI=1S/C8H15N3/c1-7(9)3-2-4-8-10-5-6-11-8/h5-7H,2-4,9H2,1H3,(H,10,11). The molecule has 3 nitrogen and oxygen atoms in total. The van der Waals surface area contributed by atoms with Gasteiger partial charge in [-0.25, -0.2) is 4.98 Å². The van der Waals surface area contributed by atoms with Gasteiger partial charge >= 0.3 is 0 Å². The van der Waals surface area contributed by atoms with Crippen LogP contribution in [0.15, 0.2) is 12.4 Å². The van der Waals surface area contributed by atoms with E-state index in [0.717, 1.165) is 25.1 Å². The SMILES string of the molecule is CC(N)CCCc1ncc[nH]1. The highest BCUT2D eigenvalue weighted by atomic mass is 14.9. The molecule has 0 bridgehead atoms. The van der Waals surface area contributed by atoms with Gasteiger partial charge in [-0.3, -0.25) is 0 Å². The lowest BCUT2D eigenvalue weighted by Crippen LogP contribution is -2.14. The predicted octanol–water partition coefficient (Wildman–Crippen LogP) is 1.08. The highest BCUT2D eigenvalue weighted by molar-refractivity contribution is 4.86. The van der Waals surface area contributed by atoms with Crippen molar-refractivity contribution in [3.05, 3.63) is 18.2 Å². The lowest BCUT2D eigenvalue weighted by Gasteiger charge is -2.01. The van der Waals surface area contributed by atoms with E-state index in [2.05, 4.69) is 9.97 Å². The number of aromatic nitrogens is 2. The Morgan fingerprint density at radius 2 is 2.55 bits per heavy atom. The number of nitrogens with zero attached hydrogens (tertiary/aromatic N) is 1. The minimum Gasteiger partial charge on any atom is -0.349 e. The third kappa shape index (κ3) is 3.18. The molecule has 0 aromatic carbocycles. The summed E-state index contributed by atoms with van der Waals surface area (Å²) in [4.78, 5) is 7.18. The zero-order chi connectivity index (χ0) is 8.10. The zero-order valence-corrected chi connectivity index (χ0v) is 6.88. The largest absolute Gasteiger partial charge is 0.349 e. The van der Waals surface area contributed by atoms with Gasteiger partial charge < -0.3 is 10.7 Å². The Bertz CT molecular complexity index is 179. The quantitative estimate of drug-likeness (QED) is 0.680. The molecule has 0 amide bonds. The molecule has 0 saturated heterocycles. The summed E-state index contributed by atoms with van der Waals surface area (Å²) < 4.78 is 0. The molecule has 1 aromatic heterocycles. The molecule has 0 spiro atoms. The summed E-state index contributed by atoms with van der Waals surface area (Å²) in [6.45, 7) is 2.03. The Balaban J connectivity index is 2.14. The van der Waals surface area contributed by atoms with Gasteiger partial charge in [-0.2, -0.15) is 0 Å². The van der Waals surface area contributed by atoms with Gasteiger partial charge in [0.15, 0.2) is 0 Å². The number of nitrogens with two attached hydrogens (primary N) is 1. The molecule has 1 unspecified atom stereocenters. The fourth-order valence-corrected chi connectivity index (χ4v) is 1.03. The summed E-state index contributed by atoms with van der Waals surface area (Å²) in [5.41, 5.74) is 5.60. The van der Waals surface area contributed by atoms with Gasteiger partial charge in [-0.15, -0.1) is 0 Å². The van der Waals surface area contributed by atoms with E-state index in [0.29, 0.717) is 6.04 Å². The molecule has 3 N–H and O–H groups in total. The molecular weight excluding hydrogens is 138 g/mol. The van der Waals surface area contributed by atoms with Gasteiger partial charge in [0.05, 0.1) is 0 Å². The normalized spacial score (nSPS) is 13.3. The van der Waals surface area contributed by atoms with Crippen LogP contribution in [0.5, 0.6) is 0 Å². The predicted molar refractivity (Wildman–Crippen MR) is 45.2 cm³/mol. The number of aromatic amines is 1. The first-order valence-corrected chi connectivity index (χ1v) is 4.03. The van der Waals surface area contributed by atoms with Gasteiger partial charge in [0, 0.05) is 24.9 Å².